The standard InChI is InChI=1S/C16H22N4O/c1-19-9-7-14(18-19)12-20-10-8-17-11-16(20)13-3-5-15(21-2)6-4-13/h3-7,9,16-17H,8,10-12H2,1-2H3/t16-/m0/s1. The minimum absolute atomic E-state index is 0.381. The SMILES string of the molecule is COc1ccc([C@@H]2CNCCN2Cc2ccn(C)n2)cc1. The Balaban J connectivity index is 1.76. The van der Waals surface area contributed by atoms with Crippen molar-refractivity contribution in [1.29, 1.82) is 0 Å². The molecule has 0 bridgehead atoms. The van der Waals surface area contributed by atoms with Gasteiger partial charge in [-0.1, -0.05) is 12.1 Å². The molecule has 5 nitrogen and oxygen atoms in total. The van der Waals surface area contributed by atoms with Crippen molar-refractivity contribution < 1.29 is 4.74 Å². The van der Waals surface area contributed by atoms with E-state index < -0.39 is 0 Å². The number of nitrogens with zero attached hydrogens (tertiary/aromatic N) is 3. The van der Waals surface area contributed by atoms with Crippen molar-refractivity contribution in [2.45, 2.75) is 12.6 Å². The zero-order valence-electron chi connectivity index (χ0n) is 12.6. The van der Waals surface area contributed by atoms with Crippen LogP contribution in [0.5, 0.6) is 5.75 Å². The topological polar surface area (TPSA) is 42.3 Å². The Morgan fingerprint density at radius 3 is 2.76 bits per heavy atom. The lowest BCUT2D eigenvalue weighted by Gasteiger charge is -2.36. The van der Waals surface area contributed by atoms with Gasteiger partial charge in [0.15, 0.2) is 0 Å². The number of nitrogens with one attached hydrogen (secondary N) is 1. The molecule has 1 saturated heterocycles. The van der Waals surface area contributed by atoms with Gasteiger partial charge in [0.05, 0.1) is 12.8 Å². The van der Waals surface area contributed by atoms with Crippen molar-refractivity contribution >= 4 is 0 Å². The van der Waals surface area contributed by atoms with Crippen molar-refractivity contribution in [1.82, 2.24) is 20.0 Å². The second-order valence-electron chi connectivity index (χ2n) is 5.44. The van der Waals surface area contributed by atoms with E-state index in [1.54, 1.807) is 7.11 Å². The van der Waals surface area contributed by atoms with Crippen LogP contribution in [0.1, 0.15) is 17.3 Å². The fraction of sp³-hybridized carbons (Fsp3) is 0.438. The number of rotatable bonds is 4. The maximum atomic E-state index is 5.24. The number of ether oxygens (including phenoxy) is 1. The first-order valence-corrected chi connectivity index (χ1v) is 7.33. The maximum absolute atomic E-state index is 5.24. The Morgan fingerprint density at radius 1 is 1.29 bits per heavy atom. The van der Waals surface area contributed by atoms with E-state index in [4.69, 9.17) is 4.74 Å². The summed E-state index contributed by atoms with van der Waals surface area (Å²) < 4.78 is 7.10. The van der Waals surface area contributed by atoms with Crippen LogP contribution in [-0.4, -0.2) is 41.4 Å². The van der Waals surface area contributed by atoms with Crippen molar-refractivity contribution in [3.8, 4) is 5.75 Å². The molecule has 1 atom stereocenters. The van der Waals surface area contributed by atoms with Crippen molar-refractivity contribution in [2.75, 3.05) is 26.7 Å². The molecule has 1 aromatic carbocycles. The summed E-state index contributed by atoms with van der Waals surface area (Å²) in [5, 5.41) is 7.98. The fourth-order valence-electron chi connectivity index (χ4n) is 2.85. The van der Waals surface area contributed by atoms with Crippen LogP contribution in [0.25, 0.3) is 0 Å². The highest BCUT2D eigenvalue weighted by Crippen LogP contribution is 2.25. The smallest absolute Gasteiger partial charge is 0.118 e. The number of aryl methyl sites for hydroxylation is 1. The van der Waals surface area contributed by atoms with E-state index in [1.165, 1.54) is 5.56 Å². The Kier molecular flexibility index (Phi) is 4.22. The number of hydrogen-bond donors (Lipinski definition) is 1. The predicted octanol–water partition coefficient (Wildman–Crippen LogP) is 1.58. The predicted molar refractivity (Wildman–Crippen MR) is 82.2 cm³/mol. The Bertz CT molecular complexity index is 578. The van der Waals surface area contributed by atoms with Gasteiger partial charge in [-0.25, -0.2) is 0 Å². The van der Waals surface area contributed by atoms with Gasteiger partial charge in [0.25, 0.3) is 0 Å². The number of methoxy groups -OCH3 is 1. The van der Waals surface area contributed by atoms with E-state index in [9.17, 15) is 0 Å². The number of benzene rings is 1. The number of piperazine rings is 1. The van der Waals surface area contributed by atoms with Crippen LogP contribution in [0.3, 0.4) is 0 Å². The zero-order chi connectivity index (χ0) is 14.7. The van der Waals surface area contributed by atoms with E-state index in [0.717, 1.165) is 37.6 Å². The molecule has 0 amide bonds. The Hall–Kier alpha value is -1.85. The van der Waals surface area contributed by atoms with E-state index >= 15 is 0 Å². The van der Waals surface area contributed by atoms with E-state index in [0.29, 0.717) is 6.04 Å². The lowest BCUT2D eigenvalue weighted by molar-refractivity contribution is 0.151. The third-order valence-corrected chi connectivity index (χ3v) is 3.99. The van der Waals surface area contributed by atoms with E-state index in [2.05, 4.69) is 33.5 Å². The third-order valence-electron chi connectivity index (χ3n) is 3.99. The molecule has 2 heterocycles. The maximum Gasteiger partial charge on any atom is 0.118 e. The minimum Gasteiger partial charge on any atom is -0.497 e. The van der Waals surface area contributed by atoms with Gasteiger partial charge in [0.1, 0.15) is 5.75 Å². The molecular weight excluding hydrogens is 264 g/mol. The van der Waals surface area contributed by atoms with Crippen LogP contribution in [0.2, 0.25) is 0 Å². The number of hydrogen-bond acceptors (Lipinski definition) is 4. The molecule has 1 aromatic heterocycles. The molecule has 0 spiro atoms. The summed E-state index contributed by atoms with van der Waals surface area (Å²) in [7, 11) is 3.66. The fourth-order valence-corrected chi connectivity index (χ4v) is 2.85. The van der Waals surface area contributed by atoms with Gasteiger partial charge in [-0.2, -0.15) is 5.10 Å². The summed E-state index contributed by atoms with van der Waals surface area (Å²) in [6, 6.07) is 10.8. The zero-order valence-corrected chi connectivity index (χ0v) is 12.6. The molecule has 0 unspecified atom stereocenters. The molecule has 2 aromatic rings. The summed E-state index contributed by atoms with van der Waals surface area (Å²) in [4.78, 5) is 2.49. The molecule has 1 aliphatic rings. The molecule has 5 heteroatoms. The lowest BCUT2D eigenvalue weighted by atomic mass is 10.0. The first kappa shape index (κ1) is 14.1. The summed E-state index contributed by atoms with van der Waals surface area (Å²) in [5.41, 5.74) is 2.44. The van der Waals surface area contributed by atoms with Gasteiger partial charge < -0.3 is 10.1 Å². The van der Waals surface area contributed by atoms with Gasteiger partial charge in [-0.15, -0.1) is 0 Å². The number of aromatic nitrogens is 2. The summed E-state index contributed by atoms with van der Waals surface area (Å²) in [6.07, 6.45) is 2.00. The molecule has 1 aliphatic heterocycles. The molecule has 112 valence electrons. The quantitative estimate of drug-likeness (QED) is 0.926. The molecule has 0 aliphatic carbocycles. The molecular formula is C16H22N4O. The van der Waals surface area contributed by atoms with Gasteiger partial charge in [0, 0.05) is 45.5 Å². The molecule has 0 saturated carbocycles. The molecule has 1 fully saturated rings. The summed E-state index contributed by atoms with van der Waals surface area (Å²) in [6.45, 7) is 3.92. The van der Waals surface area contributed by atoms with Crippen molar-refractivity contribution in [2.24, 2.45) is 7.05 Å². The molecule has 1 N–H and O–H groups in total. The van der Waals surface area contributed by atoms with Crippen LogP contribution in [-0.2, 0) is 13.6 Å². The van der Waals surface area contributed by atoms with Gasteiger partial charge in [-0.3, -0.25) is 9.58 Å². The highest BCUT2D eigenvalue weighted by molar-refractivity contribution is 5.29. The van der Waals surface area contributed by atoms with Crippen LogP contribution in [0, 0.1) is 0 Å². The third kappa shape index (κ3) is 3.25. The molecule has 3 rings (SSSR count). The van der Waals surface area contributed by atoms with Crippen LogP contribution in [0.4, 0.5) is 0 Å². The second kappa shape index (κ2) is 6.28. The molecule has 0 radical (unpaired) electrons. The molecule has 21 heavy (non-hydrogen) atoms. The Morgan fingerprint density at radius 2 is 2.10 bits per heavy atom. The first-order valence-electron chi connectivity index (χ1n) is 7.33. The average Bonchev–Trinajstić information content (AvgIpc) is 2.93. The monoisotopic (exact) mass is 286 g/mol. The highest BCUT2D eigenvalue weighted by atomic mass is 16.5. The summed E-state index contributed by atoms with van der Waals surface area (Å²) in [5.74, 6) is 0.902. The van der Waals surface area contributed by atoms with Gasteiger partial charge >= 0.3 is 0 Å². The van der Waals surface area contributed by atoms with Crippen LogP contribution in [0.15, 0.2) is 36.5 Å². The van der Waals surface area contributed by atoms with Gasteiger partial charge in [0.2, 0.25) is 0 Å². The van der Waals surface area contributed by atoms with E-state index in [-0.39, 0.29) is 0 Å². The summed E-state index contributed by atoms with van der Waals surface area (Å²) >= 11 is 0. The van der Waals surface area contributed by atoms with Crippen molar-refractivity contribution in [3.63, 3.8) is 0 Å². The minimum atomic E-state index is 0.381. The second-order valence-corrected chi connectivity index (χ2v) is 5.44. The average molecular weight is 286 g/mol. The first-order chi connectivity index (χ1) is 10.3. The van der Waals surface area contributed by atoms with Gasteiger partial charge in [-0.05, 0) is 23.8 Å². The van der Waals surface area contributed by atoms with Crippen molar-refractivity contribution in [3.05, 3.63) is 47.8 Å². The van der Waals surface area contributed by atoms with Crippen LogP contribution < -0.4 is 10.1 Å². The normalized spacial score (nSPS) is 19.6. The highest BCUT2D eigenvalue weighted by Gasteiger charge is 2.24. The largest absolute Gasteiger partial charge is 0.497 e. The lowest BCUT2D eigenvalue weighted by Crippen LogP contribution is -2.45. The Labute approximate surface area is 125 Å². The van der Waals surface area contributed by atoms with E-state index in [1.807, 2.05) is 30.1 Å². The van der Waals surface area contributed by atoms with Crippen LogP contribution >= 0.6 is 0 Å².